The first-order chi connectivity index (χ1) is 9.07. The molecular formula is C12H17FN2O3S. The molecule has 0 aliphatic heterocycles. The highest BCUT2D eigenvalue weighted by atomic mass is 32.2. The monoisotopic (exact) mass is 288 g/mol. The Labute approximate surface area is 112 Å². The number of rotatable bonds is 6. The predicted octanol–water partition coefficient (Wildman–Crippen LogP) is 1.15. The molecule has 5 nitrogen and oxygen atoms in total. The number of aromatic nitrogens is 1. The van der Waals surface area contributed by atoms with Crippen LogP contribution in [-0.4, -0.2) is 42.0 Å². The van der Waals surface area contributed by atoms with Gasteiger partial charge >= 0.3 is 0 Å². The number of pyridine rings is 1. The zero-order valence-electron chi connectivity index (χ0n) is 10.5. The van der Waals surface area contributed by atoms with Crippen molar-refractivity contribution in [3.63, 3.8) is 0 Å². The maximum atomic E-state index is 13.6. The van der Waals surface area contributed by atoms with E-state index in [-0.39, 0.29) is 19.2 Å². The van der Waals surface area contributed by atoms with Gasteiger partial charge in [-0.25, -0.2) is 17.8 Å². The lowest BCUT2D eigenvalue weighted by molar-refractivity contribution is 0.197. The van der Waals surface area contributed by atoms with Crippen molar-refractivity contribution in [2.24, 2.45) is 0 Å². The minimum absolute atomic E-state index is 0.0938. The molecule has 7 heteroatoms. The van der Waals surface area contributed by atoms with E-state index in [0.717, 1.165) is 25.3 Å². The molecule has 1 fully saturated rings. The van der Waals surface area contributed by atoms with Gasteiger partial charge < -0.3 is 5.11 Å². The molecule has 106 valence electrons. The average molecular weight is 288 g/mol. The summed E-state index contributed by atoms with van der Waals surface area (Å²) in [6.45, 7) is 0.100. The molecule has 19 heavy (non-hydrogen) atoms. The number of aliphatic hydroxyl groups excluding tert-OH is 1. The first kappa shape index (κ1) is 14.4. The molecular weight excluding hydrogens is 271 g/mol. The van der Waals surface area contributed by atoms with E-state index in [1.165, 1.54) is 16.6 Å². The van der Waals surface area contributed by atoms with Crippen molar-refractivity contribution in [1.82, 2.24) is 9.29 Å². The molecule has 2 rings (SSSR count). The summed E-state index contributed by atoms with van der Waals surface area (Å²) >= 11 is 0. The fourth-order valence-corrected chi connectivity index (χ4v) is 3.78. The van der Waals surface area contributed by atoms with Gasteiger partial charge in [0, 0.05) is 25.4 Å². The normalized spacial score (nSPS) is 16.6. The lowest BCUT2D eigenvalue weighted by atomic mass is 9.93. The number of hydrogen-bond donors (Lipinski definition) is 1. The van der Waals surface area contributed by atoms with Crippen LogP contribution in [0.15, 0.2) is 23.4 Å². The molecule has 1 heterocycles. The zero-order chi connectivity index (χ0) is 13.9. The maximum Gasteiger partial charge on any atom is 0.263 e. The highest BCUT2D eigenvalue weighted by Gasteiger charge is 2.36. The maximum absolute atomic E-state index is 13.6. The minimum atomic E-state index is -3.93. The van der Waals surface area contributed by atoms with E-state index in [4.69, 9.17) is 5.11 Å². The standard InChI is InChI=1S/C12H17FN2O3S/c13-11-6-2-7-14-12(11)19(17,18)15(8-3-9-16)10-4-1-5-10/h2,6-7,10,16H,1,3-5,8-9H2. The SMILES string of the molecule is O=S(=O)(c1ncccc1F)N(CCCO)C1CCC1. The Morgan fingerprint density at radius 3 is 2.74 bits per heavy atom. The van der Waals surface area contributed by atoms with Crippen LogP contribution in [0.4, 0.5) is 4.39 Å². The van der Waals surface area contributed by atoms with Gasteiger partial charge in [-0.1, -0.05) is 6.42 Å². The quantitative estimate of drug-likeness (QED) is 0.852. The predicted molar refractivity (Wildman–Crippen MR) is 67.4 cm³/mol. The average Bonchev–Trinajstić information content (AvgIpc) is 2.32. The summed E-state index contributed by atoms with van der Waals surface area (Å²) in [5.41, 5.74) is 0. The molecule has 0 radical (unpaired) electrons. The summed E-state index contributed by atoms with van der Waals surface area (Å²) in [7, 11) is -3.93. The first-order valence-electron chi connectivity index (χ1n) is 6.30. The third-order valence-corrected chi connectivity index (χ3v) is 5.18. The second-order valence-electron chi connectivity index (χ2n) is 4.57. The van der Waals surface area contributed by atoms with E-state index in [2.05, 4.69) is 4.98 Å². The van der Waals surface area contributed by atoms with Crippen LogP contribution in [0.2, 0.25) is 0 Å². The number of sulfonamides is 1. The molecule has 0 saturated heterocycles. The van der Waals surface area contributed by atoms with E-state index >= 15 is 0 Å². The smallest absolute Gasteiger partial charge is 0.263 e. The lowest BCUT2D eigenvalue weighted by Crippen LogP contribution is -2.45. The molecule has 0 spiro atoms. The first-order valence-corrected chi connectivity index (χ1v) is 7.74. The molecule has 1 aromatic rings. The van der Waals surface area contributed by atoms with E-state index in [1.54, 1.807) is 0 Å². The van der Waals surface area contributed by atoms with Crippen molar-refractivity contribution in [1.29, 1.82) is 0 Å². The van der Waals surface area contributed by atoms with Gasteiger partial charge in [0.15, 0.2) is 5.82 Å². The van der Waals surface area contributed by atoms with Crippen molar-refractivity contribution in [2.75, 3.05) is 13.2 Å². The number of hydrogen-bond acceptors (Lipinski definition) is 4. The Kier molecular flexibility index (Phi) is 4.49. The Bertz CT molecular complexity index is 532. The largest absolute Gasteiger partial charge is 0.396 e. The topological polar surface area (TPSA) is 70.5 Å². The zero-order valence-corrected chi connectivity index (χ0v) is 11.3. The second kappa shape index (κ2) is 5.94. The molecule has 1 aromatic heterocycles. The van der Waals surface area contributed by atoms with Crippen molar-refractivity contribution in [3.05, 3.63) is 24.1 Å². The second-order valence-corrected chi connectivity index (χ2v) is 6.37. The van der Waals surface area contributed by atoms with Gasteiger partial charge in [0.1, 0.15) is 0 Å². The third-order valence-electron chi connectivity index (χ3n) is 3.30. The number of aliphatic hydroxyl groups is 1. The summed E-state index contributed by atoms with van der Waals surface area (Å²) in [6.07, 6.45) is 4.13. The van der Waals surface area contributed by atoms with E-state index < -0.39 is 20.9 Å². The Hall–Kier alpha value is -1.05. The van der Waals surface area contributed by atoms with Gasteiger partial charge in [-0.2, -0.15) is 4.31 Å². The van der Waals surface area contributed by atoms with Gasteiger partial charge in [-0.05, 0) is 31.4 Å². The summed E-state index contributed by atoms with van der Waals surface area (Å²) < 4.78 is 39.8. The van der Waals surface area contributed by atoms with Crippen LogP contribution >= 0.6 is 0 Å². The summed E-state index contributed by atoms with van der Waals surface area (Å²) in [5.74, 6) is -0.837. The van der Waals surface area contributed by atoms with Crippen LogP contribution in [-0.2, 0) is 10.0 Å². The highest BCUT2D eigenvalue weighted by molar-refractivity contribution is 7.89. The molecule has 0 unspecified atom stereocenters. The molecule has 1 aliphatic carbocycles. The Morgan fingerprint density at radius 1 is 1.47 bits per heavy atom. The molecule has 0 aromatic carbocycles. The van der Waals surface area contributed by atoms with Gasteiger partial charge in [0.25, 0.3) is 10.0 Å². The van der Waals surface area contributed by atoms with Crippen LogP contribution < -0.4 is 0 Å². The summed E-state index contributed by atoms with van der Waals surface area (Å²) in [6, 6.07) is 2.35. The number of nitrogens with zero attached hydrogens (tertiary/aromatic N) is 2. The Balaban J connectivity index is 2.31. The van der Waals surface area contributed by atoms with Gasteiger partial charge in [0.05, 0.1) is 0 Å². The number of halogens is 1. The van der Waals surface area contributed by atoms with Crippen molar-refractivity contribution in [3.8, 4) is 0 Å². The fraction of sp³-hybridized carbons (Fsp3) is 0.583. The molecule has 0 atom stereocenters. The highest BCUT2D eigenvalue weighted by Crippen LogP contribution is 2.30. The third kappa shape index (κ3) is 2.93. The molecule has 0 bridgehead atoms. The van der Waals surface area contributed by atoms with Crippen LogP contribution in [0.5, 0.6) is 0 Å². The van der Waals surface area contributed by atoms with Crippen LogP contribution in [0.25, 0.3) is 0 Å². The van der Waals surface area contributed by atoms with Crippen LogP contribution in [0.3, 0.4) is 0 Å². The van der Waals surface area contributed by atoms with Crippen molar-refractivity contribution < 1.29 is 17.9 Å². The fourth-order valence-electron chi connectivity index (χ4n) is 2.07. The molecule has 1 saturated carbocycles. The van der Waals surface area contributed by atoms with Crippen LogP contribution in [0.1, 0.15) is 25.7 Å². The van der Waals surface area contributed by atoms with Gasteiger partial charge in [0.2, 0.25) is 5.03 Å². The Morgan fingerprint density at radius 2 is 2.21 bits per heavy atom. The van der Waals surface area contributed by atoms with Gasteiger partial charge in [-0.15, -0.1) is 0 Å². The van der Waals surface area contributed by atoms with Crippen molar-refractivity contribution in [2.45, 2.75) is 36.8 Å². The summed E-state index contributed by atoms with van der Waals surface area (Å²) in [4.78, 5) is 3.65. The van der Waals surface area contributed by atoms with E-state index in [1.807, 2.05) is 0 Å². The van der Waals surface area contributed by atoms with E-state index in [0.29, 0.717) is 6.42 Å². The van der Waals surface area contributed by atoms with Crippen LogP contribution in [0, 0.1) is 5.82 Å². The van der Waals surface area contributed by atoms with E-state index in [9.17, 15) is 12.8 Å². The van der Waals surface area contributed by atoms with Crippen molar-refractivity contribution >= 4 is 10.0 Å². The minimum Gasteiger partial charge on any atom is -0.396 e. The lowest BCUT2D eigenvalue weighted by Gasteiger charge is -2.36. The molecule has 1 aliphatic rings. The molecule has 0 amide bonds. The van der Waals surface area contributed by atoms with Gasteiger partial charge in [-0.3, -0.25) is 0 Å². The molecule has 1 N–H and O–H groups in total. The summed E-state index contributed by atoms with van der Waals surface area (Å²) in [5, 5.41) is 8.34.